The van der Waals surface area contributed by atoms with E-state index in [9.17, 15) is 9.59 Å². The number of nitrogens with one attached hydrogen (secondary N) is 2. The summed E-state index contributed by atoms with van der Waals surface area (Å²) in [6, 6.07) is 7.96. The fraction of sp³-hybridized carbons (Fsp3) is 0.476. The van der Waals surface area contributed by atoms with Gasteiger partial charge in [0.25, 0.3) is 0 Å². The van der Waals surface area contributed by atoms with Crippen molar-refractivity contribution < 1.29 is 14.3 Å². The predicted octanol–water partition coefficient (Wildman–Crippen LogP) is 3.68. The number of carbonyl (C=O) groups is 2. The molecule has 2 N–H and O–H groups in total. The lowest BCUT2D eigenvalue weighted by Gasteiger charge is -2.17. The van der Waals surface area contributed by atoms with Crippen molar-refractivity contribution >= 4 is 23.3 Å². The fourth-order valence-electron chi connectivity index (χ4n) is 3.93. The molecule has 2 aromatic rings. The summed E-state index contributed by atoms with van der Waals surface area (Å²) in [5, 5.41) is 10.2. The first-order chi connectivity index (χ1) is 13.7. The highest BCUT2D eigenvalue weighted by Gasteiger charge is 2.20. The predicted molar refractivity (Wildman–Crippen MR) is 106 cm³/mol. The lowest BCUT2D eigenvalue weighted by molar-refractivity contribution is -0.117. The van der Waals surface area contributed by atoms with E-state index >= 15 is 0 Å². The summed E-state index contributed by atoms with van der Waals surface area (Å²) in [5.74, 6) is 1.60. The van der Waals surface area contributed by atoms with E-state index in [0.717, 1.165) is 42.1 Å². The van der Waals surface area contributed by atoms with E-state index in [-0.39, 0.29) is 11.8 Å². The first kappa shape index (κ1) is 18.5. The first-order valence-corrected chi connectivity index (χ1v) is 10.1. The summed E-state index contributed by atoms with van der Waals surface area (Å²) in [7, 11) is 0. The second kappa shape index (κ2) is 8.46. The monoisotopic (exact) mass is 382 g/mol. The van der Waals surface area contributed by atoms with Gasteiger partial charge in [0.2, 0.25) is 11.8 Å². The molecule has 4 rings (SSSR count). The van der Waals surface area contributed by atoms with E-state index in [1.807, 2.05) is 28.9 Å². The third-order valence-electron chi connectivity index (χ3n) is 5.40. The van der Waals surface area contributed by atoms with Crippen molar-refractivity contribution in [3.05, 3.63) is 36.0 Å². The molecule has 0 atom stereocenters. The van der Waals surface area contributed by atoms with Crippen molar-refractivity contribution in [3.63, 3.8) is 0 Å². The lowest BCUT2D eigenvalue weighted by Crippen LogP contribution is -2.19. The van der Waals surface area contributed by atoms with Gasteiger partial charge >= 0.3 is 0 Å². The number of anilines is 2. The molecular weight excluding hydrogens is 356 g/mol. The zero-order valence-corrected chi connectivity index (χ0v) is 15.9. The molecule has 0 bridgehead atoms. The van der Waals surface area contributed by atoms with Crippen molar-refractivity contribution in [3.8, 4) is 5.75 Å². The van der Waals surface area contributed by atoms with Gasteiger partial charge < -0.3 is 15.4 Å². The zero-order chi connectivity index (χ0) is 19.3. The molecule has 0 unspecified atom stereocenters. The van der Waals surface area contributed by atoms with Crippen LogP contribution in [0.25, 0.3) is 0 Å². The number of hydrogen-bond acceptors (Lipinski definition) is 4. The number of carbonyl (C=O) groups excluding carboxylic acids is 2. The molecule has 1 fully saturated rings. The second-order valence-electron chi connectivity index (χ2n) is 7.47. The Kier molecular flexibility index (Phi) is 5.60. The summed E-state index contributed by atoms with van der Waals surface area (Å²) >= 11 is 0. The Morgan fingerprint density at radius 2 is 2.11 bits per heavy atom. The SMILES string of the molecule is O=C1CCc2cc(OCCCC(=O)Nc3ccnn3C3CCCC3)ccc2N1. The van der Waals surface area contributed by atoms with Crippen LogP contribution in [0.15, 0.2) is 30.5 Å². The number of rotatable bonds is 7. The molecule has 7 heteroatoms. The number of benzene rings is 1. The molecule has 1 aromatic carbocycles. The number of amides is 2. The molecule has 2 aliphatic rings. The molecule has 1 aliphatic heterocycles. The van der Waals surface area contributed by atoms with Crippen LogP contribution in [0.5, 0.6) is 5.75 Å². The quantitative estimate of drug-likeness (QED) is 0.716. The lowest BCUT2D eigenvalue weighted by atomic mass is 10.0. The topological polar surface area (TPSA) is 85.2 Å². The van der Waals surface area contributed by atoms with Gasteiger partial charge in [0.1, 0.15) is 11.6 Å². The third kappa shape index (κ3) is 4.35. The van der Waals surface area contributed by atoms with Crippen LogP contribution < -0.4 is 15.4 Å². The minimum absolute atomic E-state index is 0.0171. The molecule has 2 heterocycles. The Bertz CT molecular complexity index is 855. The number of nitrogens with zero attached hydrogens (tertiary/aromatic N) is 2. The molecule has 1 aliphatic carbocycles. The van der Waals surface area contributed by atoms with Crippen LogP contribution in [0.1, 0.15) is 56.6 Å². The van der Waals surface area contributed by atoms with E-state index in [1.165, 1.54) is 12.8 Å². The Morgan fingerprint density at radius 1 is 1.25 bits per heavy atom. The molecule has 1 saturated carbocycles. The maximum atomic E-state index is 12.3. The molecule has 28 heavy (non-hydrogen) atoms. The van der Waals surface area contributed by atoms with Gasteiger partial charge in [-0.2, -0.15) is 5.10 Å². The Hall–Kier alpha value is -2.83. The van der Waals surface area contributed by atoms with Crippen LogP contribution in [-0.4, -0.2) is 28.2 Å². The van der Waals surface area contributed by atoms with Crippen molar-refractivity contribution in [1.29, 1.82) is 0 Å². The highest BCUT2D eigenvalue weighted by atomic mass is 16.5. The Labute approximate surface area is 164 Å². The van der Waals surface area contributed by atoms with Crippen molar-refractivity contribution in [2.45, 2.75) is 57.4 Å². The van der Waals surface area contributed by atoms with Crippen LogP contribution in [-0.2, 0) is 16.0 Å². The van der Waals surface area contributed by atoms with Gasteiger partial charge in [0, 0.05) is 24.6 Å². The van der Waals surface area contributed by atoms with Crippen molar-refractivity contribution in [1.82, 2.24) is 9.78 Å². The summed E-state index contributed by atoms with van der Waals surface area (Å²) in [6.07, 6.45) is 8.73. The van der Waals surface area contributed by atoms with E-state index in [2.05, 4.69) is 15.7 Å². The smallest absolute Gasteiger partial charge is 0.225 e. The van der Waals surface area contributed by atoms with Gasteiger partial charge in [-0.25, -0.2) is 4.68 Å². The summed E-state index contributed by atoms with van der Waals surface area (Å²) < 4.78 is 7.73. The number of hydrogen-bond donors (Lipinski definition) is 2. The molecule has 148 valence electrons. The Morgan fingerprint density at radius 3 is 2.96 bits per heavy atom. The largest absolute Gasteiger partial charge is 0.494 e. The zero-order valence-electron chi connectivity index (χ0n) is 15.9. The second-order valence-corrected chi connectivity index (χ2v) is 7.47. The van der Waals surface area contributed by atoms with Gasteiger partial charge in [-0.1, -0.05) is 12.8 Å². The average molecular weight is 382 g/mol. The molecule has 2 amide bonds. The van der Waals surface area contributed by atoms with Gasteiger partial charge in [-0.15, -0.1) is 0 Å². The molecule has 0 spiro atoms. The van der Waals surface area contributed by atoms with E-state index in [0.29, 0.717) is 31.9 Å². The van der Waals surface area contributed by atoms with Crippen molar-refractivity contribution in [2.75, 3.05) is 17.2 Å². The van der Waals surface area contributed by atoms with Crippen molar-refractivity contribution in [2.24, 2.45) is 0 Å². The summed E-state index contributed by atoms with van der Waals surface area (Å²) in [5.41, 5.74) is 1.96. The normalized spacial score (nSPS) is 16.5. The van der Waals surface area contributed by atoms with Crippen LogP contribution in [0.2, 0.25) is 0 Å². The average Bonchev–Trinajstić information content (AvgIpc) is 3.37. The minimum atomic E-state index is -0.0171. The standard InChI is InChI=1S/C21H26N4O3/c26-20(24-19-11-12-22-25(19)16-4-1-2-5-16)6-3-13-28-17-8-9-18-15(14-17)7-10-21(27)23-18/h8-9,11-12,14,16H,1-7,10,13H2,(H,23,27)(H,24,26). The first-order valence-electron chi connectivity index (χ1n) is 10.1. The molecule has 1 aromatic heterocycles. The van der Waals surface area contributed by atoms with Gasteiger partial charge in [-0.05, 0) is 49.4 Å². The van der Waals surface area contributed by atoms with Crippen LogP contribution in [0.4, 0.5) is 11.5 Å². The van der Waals surface area contributed by atoms with E-state index in [4.69, 9.17) is 4.74 Å². The summed E-state index contributed by atoms with van der Waals surface area (Å²) in [6.45, 7) is 0.473. The maximum absolute atomic E-state index is 12.3. The third-order valence-corrected chi connectivity index (χ3v) is 5.40. The fourth-order valence-corrected chi connectivity index (χ4v) is 3.93. The van der Waals surface area contributed by atoms with Crippen LogP contribution in [0.3, 0.4) is 0 Å². The number of aryl methyl sites for hydroxylation is 1. The highest BCUT2D eigenvalue weighted by molar-refractivity contribution is 5.94. The number of fused-ring (bicyclic) bond motifs is 1. The van der Waals surface area contributed by atoms with E-state index in [1.54, 1.807) is 6.20 Å². The maximum Gasteiger partial charge on any atom is 0.225 e. The highest BCUT2D eigenvalue weighted by Crippen LogP contribution is 2.31. The summed E-state index contributed by atoms with van der Waals surface area (Å²) in [4.78, 5) is 23.7. The molecule has 7 nitrogen and oxygen atoms in total. The minimum Gasteiger partial charge on any atom is -0.494 e. The number of aromatic nitrogens is 2. The van der Waals surface area contributed by atoms with Gasteiger partial charge in [0.05, 0.1) is 18.8 Å². The molecular formula is C21H26N4O3. The van der Waals surface area contributed by atoms with Crippen LogP contribution in [0, 0.1) is 0 Å². The van der Waals surface area contributed by atoms with E-state index < -0.39 is 0 Å². The molecule has 0 radical (unpaired) electrons. The molecule has 0 saturated heterocycles. The van der Waals surface area contributed by atoms with Gasteiger partial charge in [0.15, 0.2) is 0 Å². The van der Waals surface area contributed by atoms with Gasteiger partial charge in [-0.3, -0.25) is 9.59 Å². The Balaban J connectivity index is 1.22. The van der Waals surface area contributed by atoms with Crippen LogP contribution >= 0.6 is 0 Å². The number of ether oxygens (including phenoxy) is 1.